The first kappa shape index (κ1) is 12.1. The molecular weight excluding hydrogens is 258 g/mol. The molecule has 4 heteroatoms. The summed E-state index contributed by atoms with van der Waals surface area (Å²) in [6.07, 6.45) is 1.75. The first-order valence-electron chi connectivity index (χ1n) is 6.20. The fourth-order valence-corrected chi connectivity index (χ4v) is 2.39. The van der Waals surface area contributed by atoms with E-state index in [1.165, 1.54) is 5.56 Å². The highest BCUT2D eigenvalue weighted by molar-refractivity contribution is 6.34. The summed E-state index contributed by atoms with van der Waals surface area (Å²) in [5, 5.41) is 0.684. The molecule has 0 aliphatic carbocycles. The van der Waals surface area contributed by atoms with E-state index in [2.05, 4.69) is 16.0 Å². The van der Waals surface area contributed by atoms with Crippen LogP contribution in [0, 0.1) is 0 Å². The summed E-state index contributed by atoms with van der Waals surface area (Å²) in [6, 6.07) is 13.7. The van der Waals surface area contributed by atoms with Crippen LogP contribution in [-0.4, -0.2) is 9.97 Å². The molecule has 0 spiro atoms. The average molecular weight is 272 g/mol. The number of anilines is 1. The molecule has 0 bridgehead atoms. The van der Waals surface area contributed by atoms with Crippen molar-refractivity contribution in [2.24, 2.45) is 0 Å². The summed E-state index contributed by atoms with van der Waals surface area (Å²) in [5.41, 5.74) is 9.60. The molecule has 0 atom stereocenters. The van der Waals surface area contributed by atoms with Crippen molar-refractivity contribution < 1.29 is 0 Å². The number of H-pyrrole nitrogens is 1. The summed E-state index contributed by atoms with van der Waals surface area (Å²) in [4.78, 5) is 7.83. The van der Waals surface area contributed by atoms with Gasteiger partial charge in [-0.3, -0.25) is 0 Å². The Hall–Kier alpha value is -2.00. The Balaban J connectivity index is 1.80. The first-order valence-corrected chi connectivity index (χ1v) is 6.58. The molecule has 0 saturated carbocycles. The topological polar surface area (TPSA) is 54.7 Å². The van der Waals surface area contributed by atoms with E-state index in [0.29, 0.717) is 5.02 Å². The third-order valence-electron chi connectivity index (χ3n) is 3.11. The summed E-state index contributed by atoms with van der Waals surface area (Å²) in [7, 11) is 0. The number of nitrogens with two attached hydrogens (primary N) is 1. The van der Waals surface area contributed by atoms with Crippen molar-refractivity contribution in [3.05, 3.63) is 58.9 Å². The second-order valence-electron chi connectivity index (χ2n) is 4.56. The van der Waals surface area contributed by atoms with Crippen LogP contribution in [-0.2, 0) is 12.8 Å². The van der Waals surface area contributed by atoms with E-state index in [-0.39, 0.29) is 0 Å². The lowest BCUT2D eigenvalue weighted by Gasteiger charge is -2.00. The van der Waals surface area contributed by atoms with Crippen LogP contribution in [0.25, 0.3) is 11.0 Å². The molecular formula is C15H14ClN3. The number of nitrogens with one attached hydrogen (secondary N) is 1. The van der Waals surface area contributed by atoms with Crippen LogP contribution >= 0.6 is 11.6 Å². The normalized spacial score (nSPS) is 11.0. The molecule has 0 radical (unpaired) electrons. The van der Waals surface area contributed by atoms with Crippen molar-refractivity contribution in [3.63, 3.8) is 0 Å². The largest absolute Gasteiger partial charge is 0.399 e. The van der Waals surface area contributed by atoms with Gasteiger partial charge in [-0.05, 0) is 36.2 Å². The van der Waals surface area contributed by atoms with E-state index in [9.17, 15) is 0 Å². The van der Waals surface area contributed by atoms with Crippen molar-refractivity contribution >= 4 is 28.3 Å². The molecule has 0 aliphatic heterocycles. The summed E-state index contributed by atoms with van der Waals surface area (Å²) < 4.78 is 0. The molecule has 2 aromatic carbocycles. The lowest BCUT2D eigenvalue weighted by atomic mass is 10.1. The molecule has 0 aliphatic rings. The highest BCUT2D eigenvalue weighted by Gasteiger charge is 2.06. The standard InChI is InChI=1S/C15H14ClN3/c16-12-5-2-6-13-15(12)19-14(18-13)8-7-10-3-1-4-11(17)9-10/h1-6,9H,7-8,17H2,(H,18,19). The SMILES string of the molecule is Nc1cccc(CCc2nc3c(Cl)cccc3[nH]2)c1. The van der Waals surface area contributed by atoms with Gasteiger partial charge >= 0.3 is 0 Å². The minimum Gasteiger partial charge on any atom is -0.399 e. The Morgan fingerprint density at radius 1 is 1.11 bits per heavy atom. The highest BCUT2D eigenvalue weighted by atomic mass is 35.5. The number of hydrogen-bond donors (Lipinski definition) is 2. The molecule has 3 N–H and O–H groups in total. The number of aromatic nitrogens is 2. The number of aromatic amines is 1. The predicted molar refractivity (Wildman–Crippen MR) is 79.4 cm³/mol. The zero-order chi connectivity index (χ0) is 13.2. The van der Waals surface area contributed by atoms with Gasteiger partial charge in [-0.2, -0.15) is 0 Å². The van der Waals surface area contributed by atoms with Crippen LogP contribution in [0.2, 0.25) is 5.02 Å². The predicted octanol–water partition coefficient (Wildman–Crippen LogP) is 3.58. The van der Waals surface area contributed by atoms with E-state index in [1.807, 2.05) is 36.4 Å². The van der Waals surface area contributed by atoms with Gasteiger partial charge < -0.3 is 10.7 Å². The van der Waals surface area contributed by atoms with Gasteiger partial charge in [-0.1, -0.05) is 29.8 Å². The Morgan fingerprint density at radius 3 is 2.74 bits per heavy atom. The Kier molecular flexibility index (Phi) is 3.13. The van der Waals surface area contributed by atoms with Gasteiger partial charge in [0.15, 0.2) is 0 Å². The fourth-order valence-electron chi connectivity index (χ4n) is 2.18. The molecule has 19 heavy (non-hydrogen) atoms. The maximum absolute atomic E-state index is 6.11. The van der Waals surface area contributed by atoms with E-state index in [1.54, 1.807) is 0 Å². The number of imidazole rings is 1. The maximum atomic E-state index is 6.11. The molecule has 0 saturated heterocycles. The summed E-state index contributed by atoms with van der Waals surface area (Å²) in [6.45, 7) is 0. The molecule has 3 rings (SSSR count). The van der Waals surface area contributed by atoms with Gasteiger partial charge in [0.25, 0.3) is 0 Å². The number of rotatable bonds is 3. The van der Waals surface area contributed by atoms with Crippen LogP contribution in [0.3, 0.4) is 0 Å². The van der Waals surface area contributed by atoms with Gasteiger partial charge in [-0.15, -0.1) is 0 Å². The number of nitrogen functional groups attached to an aromatic ring is 1. The third kappa shape index (κ3) is 2.56. The van der Waals surface area contributed by atoms with E-state index < -0.39 is 0 Å². The number of benzene rings is 2. The summed E-state index contributed by atoms with van der Waals surface area (Å²) >= 11 is 6.11. The van der Waals surface area contributed by atoms with Gasteiger partial charge in [0, 0.05) is 12.1 Å². The van der Waals surface area contributed by atoms with Crippen LogP contribution in [0.5, 0.6) is 0 Å². The van der Waals surface area contributed by atoms with Gasteiger partial charge in [0.2, 0.25) is 0 Å². The Bertz CT molecular complexity index is 718. The lowest BCUT2D eigenvalue weighted by molar-refractivity contribution is 0.890. The monoisotopic (exact) mass is 271 g/mol. The van der Waals surface area contributed by atoms with Gasteiger partial charge in [0.1, 0.15) is 11.3 Å². The smallest absolute Gasteiger partial charge is 0.107 e. The number of aryl methyl sites for hydroxylation is 2. The highest BCUT2D eigenvalue weighted by Crippen LogP contribution is 2.21. The van der Waals surface area contributed by atoms with Crippen molar-refractivity contribution in [2.75, 3.05) is 5.73 Å². The van der Waals surface area contributed by atoms with Crippen molar-refractivity contribution in [2.45, 2.75) is 12.8 Å². The van der Waals surface area contributed by atoms with Gasteiger partial charge in [-0.25, -0.2) is 4.98 Å². The van der Waals surface area contributed by atoms with E-state index in [4.69, 9.17) is 17.3 Å². The van der Waals surface area contributed by atoms with Crippen molar-refractivity contribution in [1.82, 2.24) is 9.97 Å². The quantitative estimate of drug-likeness (QED) is 0.716. The number of halogens is 1. The first-order chi connectivity index (χ1) is 9.22. The van der Waals surface area contributed by atoms with Crippen LogP contribution in [0.4, 0.5) is 5.69 Å². The molecule has 1 aromatic heterocycles. The van der Waals surface area contributed by atoms with Gasteiger partial charge in [0.05, 0.1) is 10.5 Å². The number of nitrogens with zero attached hydrogens (tertiary/aromatic N) is 1. The maximum Gasteiger partial charge on any atom is 0.107 e. The lowest BCUT2D eigenvalue weighted by Crippen LogP contribution is -1.94. The zero-order valence-electron chi connectivity index (χ0n) is 10.4. The minimum absolute atomic E-state index is 0.684. The Labute approximate surface area is 116 Å². The van der Waals surface area contributed by atoms with Crippen molar-refractivity contribution in [3.8, 4) is 0 Å². The van der Waals surface area contributed by atoms with Crippen molar-refractivity contribution in [1.29, 1.82) is 0 Å². The van der Waals surface area contributed by atoms with Crippen LogP contribution in [0.15, 0.2) is 42.5 Å². The van der Waals surface area contributed by atoms with Crippen LogP contribution < -0.4 is 5.73 Å². The fraction of sp³-hybridized carbons (Fsp3) is 0.133. The molecule has 3 nitrogen and oxygen atoms in total. The third-order valence-corrected chi connectivity index (χ3v) is 3.42. The number of hydrogen-bond acceptors (Lipinski definition) is 2. The Morgan fingerprint density at radius 2 is 1.95 bits per heavy atom. The van der Waals surface area contributed by atoms with Crippen LogP contribution in [0.1, 0.15) is 11.4 Å². The molecule has 0 fully saturated rings. The molecule has 0 amide bonds. The minimum atomic E-state index is 0.684. The van der Waals surface area contributed by atoms with E-state index >= 15 is 0 Å². The molecule has 3 aromatic rings. The van der Waals surface area contributed by atoms with E-state index in [0.717, 1.165) is 35.4 Å². The number of para-hydroxylation sites is 1. The summed E-state index contributed by atoms with van der Waals surface area (Å²) in [5.74, 6) is 0.950. The second kappa shape index (κ2) is 4.94. The molecule has 1 heterocycles. The molecule has 0 unspecified atom stereocenters. The molecule has 96 valence electrons. The average Bonchev–Trinajstić information content (AvgIpc) is 2.81. The second-order valence-corrected chi connectivity index (χ2v) is 4.97. The number of fused-ring (bicyclic) bond motifs is 1. The zero-order valence-corrected chi connectivity index (χ0v) is 11.1.